The average Bonchev–Trinajstić information content (AvgIpc) is 2.89. The van der Waals surface area contributed by atoms with E-state index in [1.165, 1.54) is 5.56 Å². The monoisotopic (exact) mass is 292 g/mol. The van der Waals surface area contributed by atoms with Gasteiger partial charge in [0, 0.05) is 31.7 Å². The molecule has 0 saturated carbocycles. The Morgan fingerprint density at radius 3 is 2.80 bits per heavy atom. The van der Waals surface area contributed by atoms with Crippen LogP contribution in [0.15, 0.2) is 36.7 Å². The summed E-state index contributed by atoms with van der Waals surface area (Å²) in [6, 6.07) is 8.15. The first-order valence-corrected chi connectivity index (χ1v) is 7.42. The average molecular weight is 293 g/mol. The molecule has 0 fully saturated rings. The largest absolute Gasteiger partial charge is 0.496 e. The molecule has 0 bridgehead atoms. The highest BCUT2D eigenvalue weighted by Crippen LogP contribution is 2.23. The minimum Gasteiger partial charge on any atom is -0.496 e. The first kappa shape index (κ1) is 14.9. The van der Waals surface area contributed by atoms with Gasteiger partial charge in [-0.15, -0.1) is 11.6 Å². The van der Waals surface area contributed by atoms with Gasteiger partial charge in [0.15, 0.2) is 0 Å². The fourth-order valence-electron chi connectivity index (χ4n) is 2.39. The molecular formula is C16H21ClN2O. The molecule has 2 aromatic rings. The van der Waals surface area contributed by atoms with E-state index in [9.17, 15) is 0 Å². The van der Waals surface area contributed by atoms with Crippen LogP contribution in [0.3, 0.4) is 0 Å². The molecule has 0 aliphatic rings. The lowest BCUT2D eigenvalue weighted by Gasteiger charge is -2.16. The number of methoxy groups -OCH3 is 1. The highest BCUT2D eigenvalue weighted by molar-refractivity contribution is 6.18. The zero-order valence-electron chi connectivity index (χ0n) is 12.1. The van der Waals surface area contributed by atoms with Crippen LogP contribution in [0.4, 0.5) is 0 Å². The summed E-state index contributed by atoms with van der Waals surface area (Å²) in [5.74, 6) is 3.15. The number of aryl methyl sites for hydroxylation is 2. The van der Waals surface area contributed by atoms with Crippen LogP contribution in [-0.4, -0.2) is 22.5 Å². The van der Waals surface area contributed by atoms with Crippen LogP contribution in [0.1, 0.15) is 17.8 Å². The van der Waals surface area contributed by atoms with Crippen molar-refractivity contribution >= 4 is 11.6 Å². The van der Waals surface area contributed by atoms with Gasteiger partial charge in [0.1, 0.15) is 11.6 Å². The molecule has 0 radical (unpaired) electrons. The lowest BCUT2D eigenvalue weighted by Crippen LogP contribution is -2.10. The number of aromatic nitrogens is 2. The van der Waals surface area contributed by atoms with E-state index in [2.05, 4.69) is 15.6 Å². The molecule has 0 aliphatic carbocycles. The summed E-state index contributed by atoms with van der Waals surface area (Å²) in [4.78, 5) is 4.36. The minimum atomic E-state index is 0.435. The Labute approximate surface area is 125 Å². The van der Waals surface area contributed by atoms with Crippen LogP contribution >= 0.6 is 11.6 Å². The Kier molecular flexibility index (Phi) is 5.48. The summed E-state index contributed by atoms with van der Waals surface area (Å²) in [6.07, 6.45) is 6.75. The molecular weight excluding hydrogens is 272 g/mol. The zero-order valence-corrected chi connectivity index (χ0v) is 12.8. The van der Waals surface area contributed by atoms with E-state index in [1.807, 2.05) is 37.6 Å². The predicted octanol–water partition coefficient (Wildman–Crippen LogP) is 3.46. The van der Waals surface area contributed by atoms with Gasteiger partial charge < -0.3 is 9.30 Å². The maximum Gasteiger partial charge on any atom is 0.122 e. The van der Waals surface area contributed by atoms with Crippen molar-refractivity contribution in [1.82, 2.24) is 9.55 Å². The molecule has 1 unspecified atom stereocenters. The van der Waals surface area contributed by atoms with Crippen LogP contribution in [-0.2, 0) is 19.9 Å². The number of alkyl halides is 1. The predicted molar refractivity (Wildman–Crippen MR) is 82.4 cm³/mol. The number of hydrogen-bond donors (Lipinski definition) is 0. The Bertz CT molecular complexity index is 539. The third kappa shape index (κ3) is 3.76. The second-order valence-corrected chi connectivity index (χ2v) is 5.34. The third-order valence-corrected chi connectivity index (χ3v) is 4.05. The number of imidazole rings is 1. The molecule has 2 rings (SSSR count). The minimum absolute atomic E-state index is 0.435. The van der Waals surface area contributed by atoms with Gasteiger partial charge in [0.25, 0.3) is 0 Å². The maximum atomic E-state index is 6.12. The first-order chi connectivity index (χ1) is 9.74. The van der Waals surface area contributed by atoms with Crippen LogP contribution in [0.25, 0.3) is 0 Å². The van der Waals surface area contributed by atoms with Crippen LogP contribution in [0, 0.1) is 5.92 Å². The van der Waals surface area contributed by atoms with Crippen molar-refractivity contribution in [2.45, 2.75) is 19.3 Å². The molecule has 0 N–H and O–H groups in total. The third-order valence-electron chi connectivity index (χ3n) is 3.62. The number of halogens is 1. The van der Waals surface area contributed by atoms with Crippen LogP contribution in [0.5, 0.6) is 5.75 Å². The van der Waals surface area contributed by atoms with Gasteiger partial charge in [-0.25, -0.2) is 4.98 Å². The molecule has 0 aliphatic heterocycles. The van der Waals surface area contributed by atoms with E-state index in [0.717, 1.165) is 30.8 Å². The summed E-state index contributed by atoms with van der Waals surface area (Å²) in [5, 5.41) is 0. The van der Waals surface area contributed by atoms with Crippen molar-refractivity contribution in [2.24, 2.45) is 13.0 Å². The Balaban J connectivity index is 1.97. The quantitative estimate of drug-likeness (QED) is 0.731. The van der Waals surface area contributed by atoms with E-state index in [4.69, 9.17) is 16.3 Å². The molecule has 1 aromatic heterocycles. The van der Waals surface area contributed by atoms with Crippen molar-refractivity contribution in [3.05, 3.63) is 48.0 Å². The van der Waals surface area contributed by atoms with Gasteiger partial charge in [0.05, 0.1) is 7.11 Å². The topological polar surface area (TPSA) is 27.1 Å². The number of ether oxygens (including phenoxy) is 1. The number of benzene rings is 1. The Hall–Kier alpha value is -1.48. The van der Waals surface area contributed by atoms with Crippen molar-refractivity contribution in [2.75, 3.05) is 13.0 Å². The van der Waals surface area contributed by atoms with Gasteiger partial charge >= 0.3 is 0 Å². The highest BCUT2D eigenvalue weighted by Gasteiger charge is 2.13. The second-order valence-electron chi connectivity index (χ2n) is 5.03. The van der Waals surface area contributed by atoms with Crippen molar-refractivity contribution < 1.29 is 4.74 Å². The molecule has 108 valence electrons. The Morgan fingerprint density at radius 1 is 1.35 bits per heavy atom. The van der Waals surface area contributed by atoms with Crippen LogP contribution < -0.4 is 4.74 Å². The molecule has 0 amide bonds. The Morgan fingerprint density at radius 2 is 2.15 bits per heavy atom. The fraction of sp³-hybridized carbons (Fsp3) is 0.438. The molecule has 1 atom stereocenters. The summed E-state index contributed by atoms with van der Waals surface area (Å²) < 4.78 is 7.46. The van der Waals surface area contributed by atoms with Crippen molar-refractivity contribution in [3.8, 4) is 5.75 Å². The van der Waals surface area contributed by atoms with Crippen molar-refractivity contribution in [1.29, 1.82) is 0 Å². The SMILES string of the molecule is COc1ccccc1CC(CCl)CCc1nccn1C. The van der Waals surface area contributed by atoms with Gasteiger partial charge in [0.2, 0.25) is 0 Å². The highest BCUT2D eigenvalue weighted by atomic mass is 35.5. The van der Waals surface area contributed by atoms with Gasteiger partial charge in [-0.2, -0.15) is 0 Å². The lowest BCUT2D eigenvalue weighted by atomic mass is 9.95. The van der Waals surface area contributed by atoms with Gasteiger partial charge in [-0.05, 0) is 30.4 Å². The standard InChI is InChI=1S/C16H21ClN2O/c1-19-10-9-18-16(19)8-7-13(12-17)11-14-5-3-4-6-15(14)20-2/h3-6,9-10,13H,7-8,11-12H2,1-2H3. The number of nitrogens with zero attached hydrogens (tertiary/aromatic N) is 2. The summed E-state index contributed by atoms with van der Waals surface area (Å²) in [7, 11) is 3.74. The second kappa shape index (κ2) is 7.34. The molecule has 1 heterocycles. The zero-order chi connectivity index (χ0) is 14.4. The van der Waals surface area contributed by atoms with E-state index in [-0.39, 0.29) is 0 Å². The van der Waals surface area contributed by atoms with E-state index in [1.54, 1.807) is 7.11 Å². The molecule has 3 nitrogen and oxygen atoms in total. The normalized spacial score (nSPS) is 12.3. The molecule has 20 heavy (non-hydrogen) atoms. The smallest absolute Gasteiger partial charge is 0.122 e. The first-order valence-electron chi connectivity index (χ1n) is 6.88. The lowest BCUT2D eigenvalue weighted by molar-refractivity contribution is 0.404. The molecule has 0 saturated heterocycles. The fourth-order valence-corrected chi connectivity index (χ4v) is 2.65. The van der Waals surface area contributed by atoms with E-state index in [0.29, 0.717) is 11.8 Å². The van der Waals surface area contributed by atoms with Crippen LogP contribution in [0.2, 0.25) is 0 Å². The maximum absolute atomic E-state index is 6.12. The molecule has 0 spiro atoms. The van der Waals surface area contributed by atoms with E-state index < -0.39 is 0 Å². The van der Waals surface area contributed by atoms with Gasteiger partial charge in [-0.1, -0.05) is 18.2 Å². The summed E-state index contributed by atoms with van der Waals surface area (Å²) >= 11 is 6.12. The number of rotatable bonds is 7. The molecule has 4 heteroatoms. The van der Waals surface area contributed by atoms with Gasteiger partial charge in [-0.3, -0.25) is 0 Å². The summed E-state index contributed by atoms with van der Waals surface area (Å²) in [5.41, 5.74) is 1.22. The number of hydrogen-bond acceptors (Lipinski definition) is 2. The van der Waals surface area contributed by atoms with Crippen molar-refractivity contribution in [3.63, 3.8) is 0 Å². The number of para-hydroxylation sites is 1. The van der Waals surface area contributed by atoms with E-state index >= 15 is 0 Å². The molecule has 1 aromatic carbocycles. The summed E-state index contributed by atoms with van der Waals surface area (Å²) in [6.45, 7) is 0.